The van der Waals surface area contributed by atoms with Crippen molar-refractivity contribution < 1.29 is 5.11 Å². The van der Waals surface area contributed by atoms with Crippen molar-refractivity contribution in [2.45, 2.75) is 40.2 Å². The topological polar surface area (TPSA) is 61.9 Å². The van der Waals surface area contributed by atoms with E-state index in [1.807, 2.05) is 58.0 Å². The van der Waals surface area contributed by atoms with E-state index in [0.29, 0.717) is 23.8 Å². The number of hydrogen-bond donors (Lipinski definition) is 2. The molecule has 0 saturated carbocycles. The first-order valence-corrected chi connectivity index (χ1v) is 7.34. The Morgan fingerprint density at radius 2 is 1.81 bits per heavy atom. The van der Waals surface area contributed by atoms with Gasteiger partial charge in [-0.05, 0) is 11.5 Å². The van der Waals surface area contributed by atoms with Crippen molar-refractivity contribution in [3.05, 3.63) is 47.4 Å². The third kappa shape index (κ3) is 3.15. The quantitative estimate of drug-likeness (QED) is 0.821. The molecule has 0 atom stereocenters. The summed E-state index contributed by atoms with van der Waals surface area (Å²) in [7, 11) is 0. The Bertz CT molecular complexity index is 627. The Morgan fingerprint density at radius 3 is 2.33 bits per heavy atom. The molecule has 2 N–H and O–H groups in total. The average molecular weight is 285 g/mol. The highest BCUT2D eigenvalue weighted by atomic mass is 16.3. The summed E-state index contributed by atoms with van der Waals surface area (Å²) in [6.45, 7) is 8.46. The second-order valence-electron chi connectivity index (χ2n) is 5.94. The Balaban J connectivity index is 2.49. The van der Waals surface area contributed by atoms with Crippen LogP contribution in [-0.2, 0) is 6.54 Å². The van der Waals surface area contributed by atoms with Gasteiger partial charge < -0.3 is 10.5 Å². The van der Waals surface area contributed by atoms with Crippen LogP contribution in [0, 0.1) is 11.3 Å². The molecule has 2 aromatic rings. The third-order valence-electron chi connectivity index (χ3n) is 3.52. The van der Waals surface area contributed by atoms with Crippen LogP contribution in [0.2, 0.25) is 0 Å². The maximum Gasteiger partial charge on any atom is 0.215 e. The molecule has 0 amide bonds. The lowest BCUT2D eigenvalue weighted by atomic mass is 10.1. The van der Waals surface area contributed by atoms with Gasteiger partial charge in [0.1, 0.15) is 5.69 Å². The van der Waals surface area contributed by atoms with Crippen LogP contribution in [0.15, 0.2) is 30.3 Å². The summed E-state index contributed by atoms with van der Waals surface area (Å²) in [6.07, 6.45) is 0. The molecule has 1 heterocycles. The summed E-state index contributed by atoms with van der Waals surface area (Å²) in [6, 6.07) is 9.93. The summed E-state index contributed by atoms with van der Waals surface area (Å²) in [5, 5.41) is 18.7. The Morgan fingerprint density at radius 1 is 1.19 bits per heavy atom. The lowest BCUT2D eigenvalue weighted by molar-refractivity contribution is 0.415. The van der Waals surface area contributed by atoms with E-state index in [9.17, 15) is 5.11 Å². The highest BCUT2D eigenvalue weighted by molar-refractivity contribution is 5.96. The molecule has 1 aromatic carbocycles. The first-order chi connectivity index (χ1) is 9.91. The van der Waals surface area contributed by atoms with Crippen LogP contribution in [0.25, 0.3) is 0 Å². The predicted molar refractivity (Wildman–Crippen MR) is 85.2 cm³/mol. The number of hydrogen-bond acceptors (Lipinski definition) is 3. The Labute approximate surface area is 126 Å². The monoisotopic (exact) mass is 285 g/mol. The zero-order valence-electron chi connectivity index (χ0n) is 13.1. The minimum atomic E-state index is 0.0707. The number of aromatic nitrogens is 2. The van der Waals surface area contributed by atoms with E-state index in [1.54, 1.807) is 4.57 Å². The summed E-state index contributed by atoms with van der Waals surface area (Å²) in [5.74, 6) is 0.936. The van der Waals surface area contributed by atoms with Gasteiger partial charge in [-0.15, -0.1) is 0 Å². The van der Waals surface area contributed by atoms with Crippen molar-refractivity contribution in [1.29, 1.82) is 5.41 Å². The second kappa shape index (κ2) is 6.12. The van der Waals surface area contributed by atoms with Crippen LogP contribution < -0.4 is 0 Å². The molecular formula is C17H23N3O. The number of aromatic hydroxyl groups is 1. The van der Waals surface area contributed by atoms with E-state index in [0.717, 1.165) is 5.56 Å². The maximum absolute atomic E-state index is 10.5. The van der Waals surface area contributed by atoms with Crippen LogP contribution in [0.1, 0.15) is 50.7 Å². The van der Waals surface area contributed by atoms with Crippen LogP contribution in [0.3, 0.4) is 0 Å². The van der Waals surface area contributed by atoms with E-state index < -0.39 is 0 Å². The molecule has 0 aliphatic rings. The molecule has 0 unspecified atom stereocenters. The minimum absolute atomic E-state index is 0.0707. The van der Waals surface area contributed by atoms with Crippen molar-refractivity contribution in [3.63, 3.8) is 0 Å². The van der Waals surface area contributed by atoms with Crippen molar-refractivity contribution in [2.24, 2.45) is 5.92 Å². The molecule has 0 aliphatic heterocycles. The summed E-state index contributed by atoms with van der Waals surface area (Å²) in [4.78, 5) is 4.52. The fourth-order valence-corrected chi connectivity index (χ4v) is 2.23. The SMILES string of the molecule is CC(C)C(=N)c1nc(C(C)C)c(O)n1Cc1ccccc1. The van der Waals surface area contributed by atoms with Crippen LogP contribution >= 0.6 is 0 Å². The Hall–Kier alpha value is -2.10. The lowest BCUT2D eigenvalue weighted by Crippen LogP contribution is -2.16. The number of imidazole rings is 1. The van der Waals surface area contributed by atoms with Gasteiger partial charge in [0.05, 0.1) is 12.3 Å². The van der Waals surface area contributed by atoms with E-state index >= 15 is 0 Å². The molecule has 1 aromatic heterocycles. The molecule has 0 aliphatic carbocycles. The van der Waals surface area contributed by atoms with Gasteiger partial charge in [0, 0.05) is 5.92 Å². The van der Waals surface area contributed by atoms with Gasteiger partial charge in [0.25, 0.3) is 0 Å². The molecular weight excluding hydrogens is 262 g/mol. The summed E-state index contributed by atoms with van der Waals surface area (Å²) >= 11 is 0. The molecule has 0 spiro atoms. The van der Waals surface area contributed by atoms with E-state index in [4.69, 9.17) is 5.41 Å². The number of nitrogens with one attached hydrogen (secondary N) is 1. The van der Waals surface area contributed by atoms with E-state index in [1.165, 1.54) is 0 Å². The van der Waals surface area contributed by atoms with Gasteiger partial charge in [0.2, 0.25) is 5.88 Å². The summed E-state index contributed by atoms with van der Waals surface area (Å²) in [5.41, 5.74) is 2.19. The van der Waals surface area contributed by atoms with Gasteiger partial charge in [0.15, 0.2) is 5.82 Å². The number of benzene rings is 1. The largest absolute Gasteiger partial charge is 0.493 e. The molecule has 2 rings (SSSR count). The molecule has 21 heavy (non-hydrogen) atoms. The van der Waals surface area contributed by atoms with E-state index in [-0.39, 0.29) is 17.7 Å². The van der Waals surface area contributed by atoms with Crippen molar-refractivity contribution >= 4 is 5.71 Å². The molecule has 112 valence electrons. The molecule has 0 saturated heterocycles. The van der Waals surface area contributed by atoms with E-state index in [2.05, 4.69) is 4.98 Å². The fourth-order valence-electron chi connectivity index (χ4n) is 2.23. The molecule has 0 radical (unpaired) electrons. The minimum Gasteiger partial charge on any atom is -0.493 e. The Kier molecular flexibility index (Phi) is 4.46. The molecule has 0 bridgehead atoms. The maximum atomic E-state index is 10.5. The van der Waals surface area contributed by atoms with Gasteiger partial charge in [-0.1, -0.05) is 58.0 Å². The van der Waals surface area contributed by atoms with Gasteiger partial charge in [-0.3, -0.25) is 4.57 Å². The molecule has 4 nitrogen and oxygen atoms in total. The van der Waals surface area contributed by atoms with Gasteiger partial charge >= 0.3 is 0 Å². The normalized spacial score (nSPS) is 11.3. The zero-order chi connectivity index (χ0) is 15.6. The third-order valence-corrected chi connectivity index (χ3v) is 3.52. The highest BCUT2D eigenvalue weighted by Crippen LogP contribution is 2.28. The first kappa shape index (κ1) is 15.3. The highest BCUT2D eigenvalue weighted by Gasteiger charge is 2.22. The van der Waals surface area contributed by atoms with Gasteiger partial charge in [-0.25, -0.2) is 4.98 Å². The first-order valence-electron chi connectivity index (χ1n) is 7.34. The van der Waals surface area contributed by atoms with Crippen molar-refractivity contribution in [3.8, 4) is 5.88 Å². The van der Waals surface area contributed by atoms with Crippen molar-refractivity contribution in [1.82, 2.24) is 9.55 Å². The lowest BCUT2D eigenvalue weighted by Gasteiger charge is -2.12. The second-order valence-corrected chi connectivity index (χ2v) is 5.94. The van der Waals surface area contributed by atoms with Crippen molar-refractivity contribution in [2.75, 3.05) is 0 Å². The smallest absolute Gasteiger partial charge is 0.215 e. The average Bonchev–Trinajstić information content (AvgIpc) is 2.77. The molecule has 0 fully saturated rings. The predicted octanol–water partition coefficient (Wildman–Crippen LogP) is 3.78. The number of nitrogens with zero attached hydrogens (tertiary/aromatic N) is 2. The zero-order valence-corrected chi connectivity index (χ0v) is 13.1. The van der Waals surface area contributed by atoms with Crippen LogP contribution in [-0.4, -0.2) is 20.4 Å². The van der Waals surface area contributed by atoms with Gasteiger partial charge in [-0.2, -0.15) is 0 Å². The standard InChI is InChI=1S/C17H23N3O/c1-11(2)14(18)16-19-15(12(3)4)17(21)20(16)10-13-8-6-5-7-9-13/h5-9,11-12,18,21H,10H2,1-4H3. The number of rotatable bonds is 5. The van der Waals surface area contributed by atoms with Crippen LogP contribution in [0.5, 0.6) is 5.88 Å². The van der Waals surface area contributed by atoms with Crippen LogP contribution in [0.4, 0.5) is 0 Å². The summed E-state index contributed by atoms with van der Waals surface area (Å²) < 4.78 is 1.74. The molecule has 4 heteroatoms. The fraction of sp³-hybridized carbons (Fsp3) is 0.412.